The largest absolute Gasteiger partial charge is 0.503 e. The molecule has 6 nitrogen and oxygen atoms in total. The van der Waals surface area contributed by atoms with Crippen molar-refractivity contribution in [2.45, 2.75) is 6.42 Å². The summed E-state index contributed by atoms with van der Waals surface area (Å²) in [7, 11) is 3.28. The van der Waals surface area contributed by atoms with Crippen molar-refractivity contribution in [3.63, 3.8) is 0 Å². The number of Topliss-reactive ketones (excluding diaryl/α,β-unsaturated/α-hetero) is 1. The Morgan fingerprint density at radius 2 is 1.87 bits per heavy atom. The number of anilines is 2. The molecule has 0 spiro atoms. The number of hydrogen-bond acceptors (Lipinski definition) is 6. The van der Waals surface area contributed by atoms with E-state index >= 15 is 0 Å². The van der Waals surface area contributed by atoms with Gasteiger partial charge in [-0.3, -0.25) is 4.79 Å². The number of hydrogen-bond donors (Lipinski definition) is 1. The molecule has 2 aromatic heterocycles. The predicted octanol–water partition coefficient (Wildman–Crippen LogP) is 4.68. The fourth-order valence-electron chi connectivity index (χ4n) is 3.33. The van der Waals surface area contributed by atoms with E-state index in [-0.39, 0.29) is 35.2 Å². The lowest BCUT2D eigenvalue weighted by Crippen LogP contribution is -2.11. The van der Waals surface area contributed by atoms with Crippen molar-refractivity contribution >= 4 is 28.2 Å². The van der Waals surface area contributed by atoms with Gasteiger partial charge >= 0.3 is 0 Å². The zero-order valence-corrected chi connectivity index (χ0v) is 17.0. The highest BCUT2D eigenvalue weighted by molar-refractivity contribution is 5.99. The highest BCUT2D eigenvalue weighted by Gasteiger charge is 2.17. The lowest BCUT2D eigenvalue weighted by atomic mass is 10.0. The Morgan fingerprint density at radius 3 is 2.61 bits per heavy atom. The van der Waals surface area contributed by atoms with Gasteiger partial charge in [-0.1, -0.05) is 6.07 Å². The first kappa shape index (κ1) is 20.3. The summed E-state index contributed by atoms with van der Waals surface area (Å²) in [6.07, 6.45) is 1.51. The van der Waals surface area contributed by atoms with Gasteiger partial charge in [0.15, 0.2) is 23.0 Å². The third-order valence-corrected chi connectivity index (χ3v) is 5.03. The maximum absolute atomic E-state index is 13.2. The van der Waals surface area contributed by atoms with E-state index in [0.29, 0.717) is 5.82 Å². The first-order chi connectivity index (χ1) is 15.0. The van der Waals surface area contributed by atoms with Gasteiger partial charge in [0.05, 0.1) is 12.6 Å². The summed E-state index contributed by atoms with van der Waals surface area (Å²) in [5.41, 5.74) is 2.35. The first-order valence-electron chi connectivity index (χ1n) is 9.60. The molecule has 7 heteroatoms. The predicted molar refractivity (Wildman–Crippen MR) is 117 cm³/mol. The second kappa shape index (κ2) is 8.39. The lowest BCUT2D eigenvalue weighted by molar-refractivity contribution is 0.0984. The standard InChI is InChI=1S/C24H20FN3O3/c1-28(18-7-5-17(25)6-8-18)22-10-4-16-13-15(3-9-19(16)27-22)14-20(29)23-24(30)21(31-2)11-12-26-23/h3-13,30H,14H2,1-2H3. The molecular formula is C24H20FN3O3. The fraction of sp³-hybridized carbons (Fsp3) is 0.125. The van der Waals surface area contributed by atoms with Gasteiger partial charge < -0.3 is 14.7 Å². The molecule has 156 valence electrons. The van der Waals surface area contributed by atoms with E-state index in [2.05, 4.69) is 9.97 Å². The average molecular weight is 417 g/mol. The molecule has 1 N–H and O–H groups in total. The SMILES string of the molecule is COc1ccnc(C(=O)Cc2ccc3nc(N(C)c4ccc(F)cc4)ccc3c2)c1O. The number of halogens is 1. The Labute approximate surface area is 178 Å². The van der Waals surface area contributed by atoms with E-state index in [1.165, 1.54) is 31.5 Å². The van der Waals surface area contributed by atoms with Crippen molar-refractivity contribution in [2.24, 2.45) is 0 Å². The normalized spacial score (nSPS) is 10.8. The van der Waals surface area contributed by atoms with Crippen LogP contribution in [-0.4, -0.2) is 35.0 Å². The number of aromatic hydroxyl groups is 1. The van der Waals surface area contributed by atoms with Crippen molar-refractivity contribution in [1.82, 2.24) is 9.97 Å². The molecule has 0 aliphatic carbocycles. The van der Waals surface area contributed by atoms with Crippen LogP contribution < -0.4 is 9.64 Å². The molecular weight excluding hydrogens is 397 g/mol. The molecule has 0 fully saturated rings. The van der Waals surface area contributed by atoms with E-state index in [1.807, 2.05) is 42.3 Å². The number of rotatable bonds is 6. The van der Waals surface area contributed by atoms with E-state index in [9.17, 15) is 14.3 Å². The van der Waals surface area contributed by atoms with Gasteiger partial charge in [0.25, 0.3) is 0 Å². The number of ketones is 1. The quantitative estimate of drug-likeness (QED) is 0.459. The van der Waals surface area contributed by atoms with Crippen molar-refractivity contribution < 1.29 is 19.0 Å². The summed E-state index contributed by atoms with van der Waals surface area (Å²) >= 11 is 0. The highest BCUT2D eigenvalue weighted by atomic mass is 19.1. The highest BCUT2D eigenvalue weighted by Crippen LogP contribution is 2.29. The summed E-state index contributed by atoms with van der Waals surface area (Å²) < 4.78 is 18.2. The molecule has 4 rings (SSSR count). The number of methoxy groups -OCH3 is 1. The minimum Gasteiger partial charge on any atom is -0.503 e. The molecule has 0 amide bonds. The summed E-state index contributed by atoms with van der Waals surface area (Å²) in [6.45, 7) is 0. The summed E-state index contributed by atoms with van der Waals surface area (Å²) in [5.74, 6) is 0.0674. The number of nitrogens with zero attached hydrogens (tertiary/aromatic N) is 3. The Hall–Kier alpha value is -4.00. The topological polar surface area (TPSA) is 75.5 Å². The van der Waals surface area contributed by atoms with E-state index in [4.69, 9.17) is 4.74 Å². The summed E-state index contributed by atoms with van der Waals surface area (Å²) in [5, 5.41) is 11.0. The van der Waals surface area contributed by atoms with Gasteiger partial charge in [-0.2, -0.15) is 0 Å². The molecule has 2 aromatic carbocycles. The van der Waals surface area contributed by atoms with Crippen molar-refractivity contribution in [3.05, 3.63) is 83.9 Å². The summed E-state index contributed by atoms with van der Waals surface area (Å²) in [4.78, 5) is 23.2. The first-order valence-corrected chi connectivity index (χ1v) is 9.60. The smallest absolute Gasteiger partial charge is 0.189 e. The van der Waals surface area contributed by atoms with Crippen LogP contribution in [0.4, 0.5) is 15.9 Å². The molecule has 0 aliphatic heterocycles. The minimum atomic E-state index is -0.309. The van der Waals surface area contributed by atoms with E-state index in [0.717, 1.165) is 22.2 Å². The van der Waals surface area contributed by atoms with Gasteiger partial charge in [0.2, 0.25) is 0 Å². The van der Waals surface area contributed by atoms with Gasteiger partial charge in [0.1, 0.15) is 11.6 Å². The molecule has 4 aromatic rings. The Morgan fingerprint density at radius 1 is 1.10 bits per heavy atom. The van der Waals surface area contributed by atoms with Crippen LogP contribution in [0.3, 0.4) is 0 Å². The zero-order valence-electron chi connectivity index (χ0n) is 17.0. The van der Waals surface area contributed by atoms with E-state index in [1.54, 1.807) is 12.1 Å². The van der Waals surface area contributed by atoms with Crippen LogP contribution in [0.1, 0.15) is 16.1 Å². The van der Waals surface area contributed by atoms with Gasteiger partial charge in [-0.05, 0) is 54.1 Å². The third kappa shape index (κ3) is 4.16. The van der Waals surface area contributed by atoms with Gasteiger partial charge in [-0.15, -0.1) is 0 Å². The van der Waals surface area contributed by atoms with E-state index < -0.39 is 0 Å². The maximum Gasteiger partial charge on any atom is 0.189 e. The van der Waals surface area contributed by atoms with Crippen molar-refractivity contribution in [1.29, 1.82) is 0 Å². The third-order valence-electron chi connectivity index (χ3n) is 5.03. The van der Waals surface area contributed by atoms with Gasteiger partial charge in [0, 0.05) is 36.8 Å². The van der Waals surface area contributed by atoms with Crippen LogP contribution in [0.2, 0.25) is 0 Å². The number of pyridine rings is 2. The number of carbonyl (C=O) groups is 1. The molecule has 0 aliphatic rings. The second-order valence-electron chi connectivity index (χ2n) is 7.04. The van der Waals surface area contributed by atoms with Crippen LogP contribution >= 0.6 is 0 Å². The molecule has 0 unspecified atom stereocenters. The average Bonchev–Trinajstić information content (AvgIpc) is 2.79. The van der Waals surface area contributed by atoms with Crippen LogP contribution in [0, 0.1) is 5.82 Å². The molecule has 31 heavy (non-hydrogen) atoms. The number of carbonyl (C=O) groups excluding carboxylic acids is 1. The molecule has 0 saturated heterocycles. The number of ether oxygens (including phenoxy) is 1. The molecule has 0 radical (unpaired) electrons. The van der Waals surface area contributed by atoms with Crippen LogP contribution in [0.5, 0.6) is 11.5 Å². The van der Waals surface area contributed by atoms with Crippen LogP contribution in [0.15, 0.2) is 66.9 Å². The maximum atomic E-state index is 13.2. The molecule has 2 heterocycles. The Bertz CT molecular complexity index is 1260. The minimum absolute atomic E-state index is 0.0196. The second-order valence-corrected chi connectivity index (χ2v) is 7.04. The number of benzene rings is 2. The number of aromatic nitrogens is 2. The zero-order chi connectivity index (χ0) is 22.0. The van der Waals surface area contributed by atoms with Crippen molar-refractivity contribution in [2.75, 3.05) is 19.1 Å². The fourth-order valence-corrected chi connectivity index (χ4v) is 3.33. The van der Waals surface area contributed by atoms with Crippen LogP contribution in [0.25, 0.3) is 10.9 Å². The number of fused-ring (bicyclic) bond motifs is 1. The molecule has 0 atom stereocenters. The molecule has 0 saturated carbocycles. The van der Waals surface area contributed by atoms with Crippen molar-refractivity contribution in [3.8, 4) is 11.5 Å². The Kier molecular flexibility index (Phi) is 5.49. The molecule has 0 bridgehead atoms. The monoisotopic (exact) mass is 417 g/mol. The van der Waals surface area contributed by atoms with Crippen LogP contribution in [-0.2, 0) is 6.42 Å². The summed E-state index contributed by atoms with van der Waals surface area (Å²) in [6, 6.07) is 17.0. The van der Waals surface area contributed by atoms with Gasteiger partial charge in [-0.25, -0.2) is 14.4 Å². The lowest BCUT2D eigenvalue weighted by Gasteiger charge is -2.18. The Balaban J connectivity index is 1.57.